The van der Waals surface area contributed by atoms with E-state index in [0.717, 1.165) is 31.4 Å². The average Bonchev–Trinajstić information content (AvgIpc) is 3.14. The summed E-state index contributed by atoms with van der Waals surface area (Å²) < 4.78 is 7.85. The predicted molar refractivity (Wildman–Crippen MR) is 92.8 cm³/mol. The van der Waals surface area contributed by atoms with Crippen LogP contribution in [0.5, 0.6) is 0 Å². The maximum absolute atomic E-state index is 12.4. The van der Waals surface area contributed by atoms with Gasteiger partial charge >= 0.3 is 0 Å². The predicted octanol–water partition coefficient (Wildman–Crippen LogP) is 1.03. The summed E-state index contributed by atoms with van der Waals surface area (Å²) in [4.78, 5) is 26.5. The Kier molecular flexibility index (Phi) is 5.13. The van der Waals surface area contributed by atoms with Gasteiger partial charge in [0, 0.05) is 32.4 Å². The van der Waals surface area contributed by atoms with Gasteiger partial charge in [-0.15, -0.1) is 0 Å². The molecular weight excluding hydrogens is 320 g/mol. The second kappa shape index (κ2) is 7.15. The van der Waals surface area contributed by atoms with E-state index in [4.69, 9.17) is 4.74 Å². The molecule has 25 heavy (non-hydrogen) atoms. The zero-order valence-corrected chi connectivity index (χ0v) is 15.3. The van der Waals surface area contributed by atoms with Crippen molar-refractivity contribution in [3.63, 3.8) is 0 Å². The quantitative estimate of drug-likeness (QED) is 0.882. The van der Waals surface area contributed by atoms with E-state index in [1.807, 2.05) is 38.1 Å². The third-order valence-electron chi connectivity index (χ3n) is 5.11. The molecule has 2 saturated heterocycles. The lowest BCUT2D eigenvalue weighted by molar-refractivity contribution is -0.146. The highest BCUT2D eigenvalue weighted by Gasteiger charge is 2.45. The molecule has 138 valence electrons. The van der Waals surface area contributed by atoms with Crippen molar-refractivity contribution in [1.29, 1.82) is 0 Å². The van der Waals surface area contributed by atoms with E-state index in [9.17, 15) is 9.59 Å². The molecule has 0 aliphatic carbocycles. The summed E-state index contributed by atoms with van der Waals surface area (Å²) >= 11 is 0. The van der Waals surface area contributed by atoms with Gasteiger partial charge in [-0.05, 0) is 45.6 Å². The Labute approximate surface area is 148 Å². The summed E-state index contributed by atoms with van der Waals surface area (Å²) in [5.74, 6) is 0.0983. The van der Waals surface area contributed by atoms with Crippen molar-refractivity contribution in [2.24, 2.45) is 7.05 Å². The number of aryl methyl sites for hydroxylation is 1. The number of piperidine rings is 1. The van der Waals surface area contributed by atoms with Crippen LogP contribution in [0.4, 0.5) is 0 Å². The fraction of sp³-hybridized carbons (Fsp3) is 0.722. The second-order valence-electron chi connectivity index (χ2n) is 7.53. The van der Waals surface area contributed by atoms with Gasteiger partial charge in [-0.1, -0.05) is 0 Å². The molecule has 2 aliphatic rings. The number of hydrogen-bond donors (Lipinski definition) is 1. The first-order valence-electron chi connectivity index (χ1n) is 9.11. The molecule has 7 heteroatoms. The van der Waals surface area contributed by atoms with E-state index < -0.39 is 0 Å². The number of rotatable bonds is 4. The SMILES string of the molecule is CC(C)NC(=O)[C@H]1CCC2(CCN(C(=O)Cc3ccn(C)n3)CC2)O1. The Morgan fingerprint density at radius 2 is 2.08 bits per heavy atom. The van der Waals surface area contributed by atoms with Crippen LogP contribution in [0, 0.1) is 0 Å². The van der Waals surface area contributed by atoms with Gasteiger partial charge in [0.2, 0.25) is 11.8 Å². The van der Waals surface area contributed by atoms with Crippen molar-refractivity contribution < 1.29 is 14.3 Å². The van der Waals surface area contributed by atoms with Crippen LogP contribution in [-0.2, 0) is 27.8 Å². The summed E-state index contributed by atoms with van der Waals surface area (Å²) in [7, 11) is 1.85. The van der Waals surface area contributed by atoms with Gasteiger partial charge in [-0.2, -0.15) is 5.10 Å². The minimum Gasteiger partial charge on any atom is -0.362 e. The number of ether oxygens (including phenoxy) is 1. The Bertz CT molecular complexity index is 632. The van der Waals surface area contributed by atoms with Crippen molar-refractivity contribution in [3.05, 3.63) is 18.0 Å². The van der Waals surface area contributed by atoms with Crippen LogP contribution < -0.4 is 5.32 Å². The van der Waals surface area contributed by atoms with Gasteiger partial charge in [-0.25, -0.2) is 0 Å². The maximum Gasteiger partial charge on any atom is 0.249 e. The van der Waals surface area contributed by atoms with Gasteiger partial charge in [0.1, 0.15) is 6.10 Å². The molecule has 0 radical (unpaired) electrons. The minimum atomic E-state index is -0.349. The topological polar surface area (TPSA) is 76.5 Å². The number of likely N-dealkylation sites (tertiary alicyclic amines) is 1. The van der Waals surface area contributed by atoms with Gasteiger partial charge in [0.15, 0.2) is 0 Å². The molecule has 2 amide bonds. The lowest BCUT2D eigenvalue weighted by Gasteiger charge is -2.39. The van der Waals surface area contributed by atoms with Crippen molar-refractivity contribution >= 4 is 11.8 Å². The first-order chi connectivity index (χ1) is 11.9. The molecule has 1 atom stereocenters. The lowest BCUT2D eigenvalue weighted by atomic mass is 9.88. The smallest absolute Gasteiger partial charge is 0.249 e. The molecule has 3 heterocycles. The normalized spacial score (nSPS) is 22.6. The molecule has 1 aromatic rings. The van der Waals surface area contributed by atoms with Gasteiger partial charge < -0.3 is 15.0 Å². The third kappa shape index (κ3) is 4.21. The molecule has 3 rings (SSSR count). The van der Waals surface area contributed by atoms with Crippen molar-refractivity contribution in [3.8, 4) is 0 Å². The van der Waals surface area contributed by atoms with Crippen LogP contribution in [0.3, 0.4) is 0 Å². The monoisotopic (exact) mass is 348 g/mol. The van der Waals surface area contributed by atoms with Crippen molar-refractivity contribution in [2.45, 2.75) is 63.7 Å². The van der Waals surface area contributed by atoms with Crippen LogP contribution >= 0.6 is 0 Å². The highest BCUT2D eigenvalue weighted by atomic mass is 16.5. The van der Waals surface area contributed by atoms with Crippen LogP contribution in [0.1, 0.15) is 45.2 Å². The number of nitrogens with zero attached hydrogens (tertiary/aromatic N) is 3. The van der Waals surface area contributed by atoms with E-state index in [-0.39, 0.29) is 29.6 Å². The largest absolute Gasteiger partial charge is 0.362 e. The van der Waals surface area contributed by atoms with Crippen LogP contribution in [-0.4, -0.2) is 57.3 Å². The van der Waals surface area contributed by atoms with E-state index in [0.29, 0.717) is 19.5 Å². The molecule has 1 N–H and O–H groups in total. The molecule has 7 nitrogen and oxygen atoms in total. The van der Waals surface area contributed by atoms with Gasteiger partial charge in [0.05, 0.1) is 17.7 Å². The Balaban J connectivity index is 1.50. The number of hydrogen-bond acceptors (Lipinski definition) is 4. The minimum absolute atomic E-state index is 0.0134. The molecule has 0 unspecified atom stereocenters. The van der Waals surface area contributed by atoms with Crippen molar-refractivity contribution in [2.75, 3.05) is 13.1 Å². The van der Waals surface area contributed by atoms with Gasteiger partial charge in [-0.3, -0.25) is 14.3 Å². The first kappa shape index (κ1) is 17.9. The van der Waals surface area contributed by atoms with Crippen LogP contribution in [0.25, 0.3) is 0 Å². The Morgan fingerprint density at radius 3 is 2.68 bits per heavy atom. The average molecular weight is 348 g/mol. The number of carbonyl (C=O) groups excluding carboxylic acids is 2. The fourth-order valence-corrected chi connectivity index (χ4v) is 3.73. The maximum atomic E-state index is 12.4. The molecule has 1 spiro atoms. The Morgan fingerprint density at radius 1 is 1.36 bits per heavy atom. The summed E-state index contributed by atoms with van der Waals surface area (Å²) in [6.07, 6.45) is 5.10. The summed E-state index contributed by atoms with van der Waals surface area (Å²) in [5, 5.41) is 7.19. The van der Waals surface area contributed by atoms with Crippen molar-refractivity contribution in [1.82, 2.24) is 20.0 Å². The van der Waals surface area contributed by atoms with Crippen LogP contribution in [0.15, 0.2) is 12.3 Å². The highest BCUT2D eigenvalue weighted by molar-refractivity contribution is 5.81. The number of carbonyl (C=O) groups is 2. The molecule has 0 saturated carbocycles. The van der Waals surface area contributed by atoms with E-state index in [1.165, 1.54) is 0 Å². The molecule has 1 aromatic heterocycles. The summed E-state index contributed by atoms with van der Waals surface area (Å²) in [5.41, 5.74) is 0.566. The second-order valence-corrected chi connectivity index (χ2v) is 7.53. The molecule has 2 aliphatic heterocycles. The standard InChI is InChI=1S/C18H28N4O3/c1-13(2)19-17(24)15-4-6-18(25-15)7-10-22(11-8-18)16(23)12-14-5-9-21(3)20-14/h5,9,13,15H,4,6-8,10-12H2,1-3H3,(H,19,24)/t15-/m1/s1. The fourth-order valence-electron chi connectivity index (χ4n) is 3.73. The molecular formula is C18H28N4O3. The summed E-state index contributed by atoms with van der Waals surface area (Å²) in [6.45, 7) is 5.27. The van der Waals surface area contributed by atoms with E-state index >= 15 is 0 Å². The van der Waals surface area contributed by atoms with E-state index in [1.54, 1.807) is 4.68 Å². The lowest BCUT2D eigenvalue weighted by Crippen LogP contribution is -2.48. The van der Waals surface area contributed by atoms with Gasteiger partial charge in [0.25, 0.3) is 0 Å². The zero-order valence-electron chi connectivity index (χ0n) is 15.3. The third-order valence-corrected chi connectivity index (χ3v) is 5.11. The first-order valence-corrected chi connectivity index (χ1v) is 9.11. The van der Waals surface area contributed by atoms with Crippen LogP contribution in [0.2, 0.25) is 0 Å². The summed E-state index contributed by atoms with van der Waals surface area (Å²) in [6, 6.07) is 2.00. The number of nitrogens with one attached hydrogen (secondary N) is 1. The zero-order chi connectivity index (χ0) is 18.0. The molecule has 2 fully saturated rings. The highest BCUT2D eigenvalue weighted by Crippen LogP contribution is 2.39. The molecule has 0 bridgehead atoms. The Hall–Kier alpha value is -1.89. The number of amides is 2. The van der Waals surface area contributed by atoms with E-state index in [2.05, 4.69) is 10.4 Å². The number of aromatic nitrogens is 2. The molecule has 0 aromatic carbocycles.